The summed E-state index contributed by atoms with van der Waals surface area (Å²) in [7, 11) is 0. The molecule has 2 saturated heterocycles. The zero-order chi connectivity index (χ0) is 34.8. The van der Waals surface area contributed by atoms with Crippen LogP contribution in [0.3, 0.4) is 0 Å². The maximum atomic E-state index is 12.6. The van der Waals surface area contributed by atoms with Crippen LogP contribution in [0.1, 0.15) is 36.0 Å². The molecule has 2 aliphatic heterocycles. The van der Waals surface area contributed by atoms with Gasteiger partial charge in [-0.3, -0.25) is 14.4 Å². The van der Waals surface area contributed by atoms with Gasteiger partial charge in [0.25, 0.3) is 5.91 Å². The molecule has 2 fully saturated rings. The van der Waals surface area contributed by atoms with Crippen LogP contribution in [-0.4, -0.2) is 88.8 Å². The number of aromatic nitrogens is 2. The highest BCUT2D eigenvalue weighted by Crippen LogP contribution is 2.24. The minimum atomic E-state index is -0.710. The number of nitrogens with two attached hydrogens (primary N) is 3. The number of amides is 3. The zero-order valence-electron chi connectivity index (χ0n) is 26.0. The van der Waals surface area contributed by atoms with E-state index in [9.17, 15) is 14.4 Å². The number of carbonyl (C=O) groups excluding carboxylic acids is 3. The van der Waals surface area contributed by atoms with Gasteiger partial charge < -0.3 is 43.0 Å². The average Bonchev–Trinajstić information content (AvgIpc) is 3.02. The molecule has 3 amide bonds. The lowest BCUT2D eigenvalue weighted by Crippen LogP contribution is -2.47. The van der Waals surface area contributed by atoms with Crippen molar-refractivity contribution in [2.45, 2.75) is 37.8 Å². The summed E-state index contributed by atoms with van der Waals surface area (Å²) < 4.78 is 0. The summed E-state index contributed by atoms with van der Waals surface area (Å²) in [6.45, 7) is 2.85. The number of primary amides is 1. The molecule has 2 aliphatic rings. The van der Waals surface area contributed by atoms with Crippen LogP contribution in [0.25, 0.3) is 0 Å². The van der Waals surface area contributed by atoms with Gasteiger partial charge >= 0.3 is 0 Å². The summed E-state index contributed by atoms with van der Waals surface area (Å²) in [5, 5.41) is 11.3. The van der Waals surface area contributed by atoms with Crippen LogP contribution in [0.5, 0.6) is 0 Å². The Morgan fingerprint density at radius 1 is 0.771 bits per heavy atom. The lowest BCUT2D eigenvalue weighted by Gasteiger charge is -2.33. The SMILES string of the molecule is NC(=O)c1c(N)ncnc1NC1CCCN(C(=O)CNc2cc(Cl)cc(Cl)c2)C1.NC1CCCN(C(=O)CNc2cc(Cl)cc(Cl)c2)C1. The third kappa shape index (κ3) is 11.2. The van der Waals surface area contributed by atoms with Gasteiger partial charge in [-0.15, -0.1) is 0 Å². The van der Waals surface area contributed by atoms with Gasteiger partial charge in [0, 0.05) is 69.7 Å². The number of nitrogens with one attached hydrogen (secondary N) is 3. The molecular formula is C31H38Cl4N10O3. The van der Waals surface area contributed by atoms with E-state index in [0.717, 1.165) is 37.9 Å². The molecule has 0 spiro atoms. The quantitative estimate of drug-likeness (QED) is 0.184. The predicted molar refractivity (Wildman–Crippen MR) is 192 cm³/mol. The first kappa shape index (κ1) is 37.1. The van der Waals surface area contributed by atoms with Crippen LogP contribution in [0, 0.1) is 0 Å². The minimum Gasteiger partial charge on any atom is -0.383 e. The van der Waals surface area contributed by atoms with Crippen LogP contribution in [0.15, 0.2) is 42.7 Å². The summed E-state index contributed by atoms with van der Waals surface area (Å²) in [4.78, 5) is 47.7. The van der Waals surface area contributed by atoms with Crippen molar-refractivity contribution < 1.29 is 14.4 Å². The molecule has 3 aromatic rings. The third-order valence-corrected chi connectivity index (χ3v) is 8.53. The number of nitrogens with zero attached hydrogens (tertiary/aromatic N) is 4. The number of hydrogen-bond acceptors (Lipinski definition) is 10. The maximum absolute atomic E-state index is 12.6. The van der Waals surface area contributed by atoms with Crippen molar-refractivity contribution in [1.29, 1.82) is 0 Å². The molecule has 0 saturated carbocycles. The van der Waals surface area contributed by atoms with E-state index in [-0.39, 0.29) is 54.2 Å². The Balaban J connectivity index is 0.000000237. The highest BCUT2D eigenvalue weighted by molar-refractivity contribution is 6.35. The highest BCUT2D eigenvalue weighted by atomic mass is 35.5. The number of rotatable bonds is 9. The van der Waals surface area contributed by atoms with Crippen molar-refractivity contribution in [1.82, 2.24) is 19.8 Å². The monoisotopic (exact) mass is 738 g/mol. The maximum Gasteiger partial charge on any atom is 0.256 e. The van der Waals surface area contributed by atoms with Gasteiger partial charge in [-0.2, -0.15) is 0 Å². The van der Waals surface area contributed by atoms with Gasteiger partial charge in [-0.1, -0.05) is 46.4 Å². The number of anilines is 4. The molecule has 3 heterocycles. The third-order valence-electron chi connectivity index (χ3n) is 7.66. The molecule has 258 valence electrons. The molecule has 2 unspecified atom stereocenters. The summed E-state index contributed by atoms with van der Waals surface area (Å²) >= 11 is 23.7. The predicted octanol–water partition coefficient (Wildman–Crippen LogP) is 4.33. The van der Waals surface area contributed by atoms with Crippen molar-refractivity contribution in [3.05, 3.63) is 68.4 Å². The molecule has 17 heteroatoms. The molecular weight excluding hydrogens is 702 g/mol. The van der Waals surface area contributed by atoms with Gasteiger partial charge in [-0.05, 0) is 62.1 Å². The van der Waals surface area contributed by atoms with E-state index in [4.69, 9.17) is 63.6 Å². The van der Waals surface area contributed by atoms with Crippen molar-refractivity contribution in [3.8, 4) is 0 Å². The second-order valence-corrected chi connectivity index (χ2v) is 13.2. The van der Waals surface area contributed by atoms with Crippen LogP contribution in [0.2, 0.25) is 20.1 Å². The standard InChI is InChI=1S/C18H21Cl2N7O2.C13H17Cl2N3O/c19-10-4-11(20)6-13(5-10)23-7-14(28)27-3-1-2-12(8-27)26-18-15(17(22)29)16(21)24-9-25-18;14-9-4-10(15)6-12(5-9)17-7-13(19)18-3-1-2-11(16)8-18/h4-6,9,12,23H,1-3,7-8H2,(H2,22,29)(H3,21,24,25,26);4-6,11,17H,1-3,7-8,16H2. The Morgan fingerprint density at radius 3 is 1.77 bits per heavy atom. The van der Waals surface area contributed by atoms with E-state index < -0.39 is 5.91 Å². The molecule has 1 aromatic heterocycles. The number of benzene rings is 2. The zero-order valence-corrected chi connectivity index (χ0v) is 29.0. The fourth-order valence-corrected chi connectivity index (χ4v) is 6.45. The first-order valence-electron chi connectivity index (χ1n) is 15.3. The minimum absolute atomic E-state index is 0.0168. The van der Waals surface area contributed by atoms with E-state index in [1.807, 2.05) is 0 Å². The molecule has 5 rings (SSSR count). The van der Waals surface area contributed by atoms with E-state index in [1.54, 1.807) is 46.2 Å². The van der Waals surface area contributed by atoms with Gasteiger partial charge in [0.1, 0.15) is 23.5 Å². The van der Waals surface area contributed by atoms with Crippen LogP contribution >= 0.6 is 46.4 Å². The van der Waals surface area contributed by atoms with Gasteiger partial charge in [0.2, 0.25) is 11.8 Å². The second-order valence-electron chi connectivity index (χ2n) is 11.4. The molecule has 9 N–H and O–H groups in total. The van der Waals surface area contributed by atoms with Crippen molar-refractivity contribution in [2.24, 2.45) is 11.5 Å². The Morgan fingerprint density at radius 2 is 1.27 bits per heavy atom. The number of hydrogen-bond donors (Lipinski definition) is 6. The van der Waals surface area contributed by atoms with Crippen LogP contribution in [-0.2, 0) is 9.59 Å². The largest absolute Gasteiger partial charge is 0.383 e. The van der Waals surface area contributed by atoms with E-state index >= 15 is 0 Å². The van der Waals surface area contributed by atoms with Crippen LogP contribution < -0.4 is 33.2 Å². The summed E-state index contributed by atoms with van der Waals surface area (Å²) in [5.74, 6) is -0.436. The Bertz CT molecular complexity index is 1570. The number of likely N-dealkylation sites (tertiary alicyclic amines) is 2. The van der Waals surface area contributed by atoms with Gasteiger partial charge in [0.15, 0.2) is 0 Å². The lowest BCUT2D eigenvalue weighted by atomic mass is 10.1. The van der Waals surface area contributed by atoms with E-state index in [2.05, 4.69) is 25.9 Å². The smallest absolute Gasteiger partial charge is 0.256 e. The normalized spacial score (nSPS) is 17.5. The molecule has 48 heavy (non-hydrogen) atoms. The highest BCUT2D eigenvalue weighted by Gasteiger charge is 2.26. The Kier molecular flexibility index (Phi) is 13.6. The van der Waals surface area contributed by atoms with Crippen LogP contribution in [0.4, 0.5) is 23.0 Å². The fraction of sp³-hybridized carbons (Fsp3) is 0.387. The van der Waals surface area contributed by atoms with Gasteiger partial charge in [0.05, 0.1) is 13.1 Å². The summed E-state index contributed by atoms with van der Waals surface area (Å²) in [6.07, 6.45) is 4.83. The first-order chi connectivity index (χ1) is 22.9. The van der Waals surface area contributed by atoms with Gasteiger partial charge in [-0.25, -0.2) is 9.97 Å². The Hall–Kier alpha value is -3.75. The number of halogens is 4. The summed E-state index contributed by atoms with van der Waals surface area (Å²) in [6, 6.07) is 10.2. The van der Waals surface area contributed by atoms with Crippen molar-refractivity contribution in [3.63, 3.8) is 0 Å². The number of piperidine rings is 2. The molecule has 2 atom stereocenters. The Labute approximate surface area is 298 Å². The topological polar surface area (TPSA) is 198 Å². The number of carbonyl (C=O) groups is 3. The van der Waals surface area contributed by atoms with E-state index in [0.29, 0.717) is 45.4 Å². The summed E-state index contributed by atoms with van der Waals surface area (Å²) in [5.41, 5.74) is 18.4. The number of nitrogen functional groups attached to an aromatic ring is 1. The van der Waals surface area contributed by atoms with Crippen molar-refractivity contribution >= 4 is 87.1 Å². The first-order valence-corrected chi connectivity index (χ1v) is 16.8. The molecule has 0 radical (unpaired) electrons. The van der Waals surface area contributed by atoms with Crippen molar-refractivity contribution in [2.75, 3.05) is 61.0 Å². The molecule has 2 aromatic carbocycles. The van der Waals surface area contributed by atoms with E-state index in [1.165, 1.54) is 6.33 Å². The average molecular weight is 741 g/mol. The lowest BCUT2D eigenvalue weighted by molar-refractivity contribution is -0.131. The molecule has 13 nitrogen and oxygen atoms in total. The molecule has 0 bridgehead atoms. The molecule has 0 aliphatic carbocycles. The second kappa shape index (κ2) is 17.6. The fourth-order valence-electron chi connectivity index (χ4n) is 5.39.